The van der Waals surface area contributed by atoms with Crippen molar-refractivity contribution in [3.63, 3.8) is 0 Å². The number of rotatable bonds is 3. The molecule has 0 aromatic carbocycles. The molecule has 0 aliphatic carbocycles. The third-order valence-electron chi connectivity index (χ3n) is 1.06. The summed E-state index contributed by atoms with van der Waals surface area (Å²) in [6, 6.07) is 0. The van der Waals surface area contributed by atoms with Gasteiger partial charge in [-0.2, -0.15) is 0 Å². The Labute approximate surface area is 58.5 Å². The average Bonchev–Trinajstić information content (AvgIpc) is 1.60. The first kappa shape index (κ1) is 9.26. The molecule has 0 rings (SSSR count). The summed E-state index contributed by atoms with van der Waals surface area (Å²) < 4.78 is 0. The highest BCUT2D eigenvalue weighted by Crippen LogP contribution is 2.06. The van der Waals surface area contributed by atoms with Crippen LogP contribution in [0, 0.1) is 0 Å². The average molecular weight is 146 g/mol. The van der Waals surface area contributed by atoms with Crippen LogP contribution in [0.3, 0.4) is 0 Å². The molecule has 0 aliphatic heterocycles. The van der Waals surface area contributed by atoms with E-state index in [9.17, 15) is 9.59 Å². The van der Waals surface area contributed by atoms with Crippen molar-refractivity contribution >= 4 is 11.6 Å². The first-order valence-corrected chi connectivity index (χ1v) is 2.81. The number of aliphatic hydroxyl groups is 2. The maximum Gasteiger partial charge on any atom is 0.230 e. The summed E-state index contributed by atoms with van der Waals surface area (Å²) in [5, 5.41) is 17.5. The summed E-state index contributed by atoms with van der Waals surface area (Å²) in [5.74, 6) is -3.71. The number of ketones is 2. The van der Waals surface area contributed by atoms with E-state index >= 15 is 0 Å². The van der Waals surface area contributed by atoms with Crippen LogP contribution in [0.2, 0.25) is 0 Å². The highest BCUT2D eigenvalue weighted by Gasteiger charge is 2.30. The zero-order chi connectivity index (χ0) is 8.36. The Kier molecular flexibility index (Phi) is 2.68. The number of carbonyl (C=O) groups excluding carboxylic acids is 2. The van der Waals surface area contributed by atoms with Gasteiger partial charge >= 0.3 is 0 Å². The van der Waals surface area contributed by atoms with Crippen molar-refractivity contribution in [2.45, 2.75) is 26.1 Å². The van der Waals surface area contributed by atoms with Crippen molar-refractivity contribution in [1.82, 2.24) is 0 Å². The second-order valence-electron chi connectivity index (χ2n) is 2.25. The molecule has 0 saturated heterocycles. The third kappa shape index (κ3) is 2.70. The van der Waals surface area contributed by atoms with Crippen LogP contribution < -0.4 is 0 Å². The van der Waals surface area contributed by atoms with Gasteiger partial charge in [-0.3, -0.25) is 9.59 Å². The van der Waals surface area contributed by atoms with Crippen LogP contribution in [0.5, 0.6) is 0 Å². The number of hydrogen-bond acceptors (Lipinski definition) is 4. The van der Waals surface area contributed by atoms with Gasteiger partial charge in [-0.15, -0.1) is 0 Å². The number of hydrogen-bond donors (Lipinski definition) is 2. The lowest BCUT2D eigenvalue weighted by atomic mass is 10.1. The molecule has 10 heavy (non-hydrogen) atoms. The monoisotopic (exact) mass is 146 g/mol. The van der Waals surface area contributed by atoms with E-state index in [1.165, 1.54) is 6.92 Å². The van der Waals surface area contributed by atoms with E-state index in [0.717, 1.165) is 6.92 Å². The lowest BCUT2D eigenvalue weighted by molar-refractivity contribution is -0.184. The molecule has 4 heteroatoms. The maximum absolute atomic E-state index is 10.3. The van der Waals surface area contributed by atoms with Crippen LogP contribution in [-0.2, 0) is 9.59 Å². The zero-order valence-electron chi connectivity index (χ0n) is 5.92. The van der Waals surface area contributed by atoms with Gasteiger partial charge in [0.25, 0.3) is 0 Å². The van der Waals surface area contributed by atoms with Crippen molar-refractivity contribution < 1.29 is 19.8 Å². The molecule has 58 valence electrons. The van der Waals surface area contributed by atoms with E-state index in [1.54, 1.807) is 0 Å². The largest absolute Gasteiger partial charge is 0.359 e. The van der Waals surface area contributed by atoms with Gasteiger partial charge in [0.15, 0.2) is 5.78 Å². The minimum absolute atomic E-state index is 0.430. The quantitative estimate of drug-likeness (QED) is 0.513. The fourth-order valence-electron chi connectivity index (χ4n) is 0.472. The molecule has 2 N–H and O–H groups in total. The van der Waals surface area contributed by atoms with Crippen molar-refractivity contribution in [2.75, 3.05) is 0 Å². The second-order valence-corrected chi connectivity index (χ2v) is 2.25. The molecular weight excluding hydrogens is 136 g/mol. The molecule has 0 spiro atoms. The van der Waals surface area contributed by atoms with Gasteiger partial charge in [0.2, 0.25) is 5.79 Å². The minimum Gasteiger partial charge on any atom is -0.359 e. The lowest BCUT2D eigenvalue weighted by Gasteiger charge is -2.15. The van der Waals surface area contributed by atoms with Crippen molar-refractivity contribution in [3.8, 4) is 0 Å². The Morgan fingerprint density at radius 1 is 1.30 bits per heavy atom. The Morgan fingerprint density at radius 2 is 1.70 bits per heavy atom. The van der Waals surface area contributed by atoms with Gasteiger partial charge < -0.3 is 10.2 Å². The third-order valence-corrected chi connectivity index (χ3v) is 1.06. The highest BCUT2D eigenvalue weighted by molar-refractivity contribution is 5.89. The molecule has 0 aliphatic rings. The van der Waals surface area contributed by atoms with Crippen molar-refractivity contribution in [1.29, 1.82) is 0 Å². The van der Waals surface area contributed by atoms with E-state index in [-0.39, 0.29) is 0 Å². The van der Waals surface area contributed by atoms with Crippen LogP contribution in [0.25, 0.3) is 0 Å². The fraction of sp³-hybridized carbons (Fsp3) is 0.667. The van der Waals surface area contributed by atoms with Gasteiger partial charge in [0.1, 0.15) is 5.78 Å². The lowest BCUT2D eigenvalue weighted by Crippen LogP contribution is -2.38. The molecule has 0 unspecified atom stereocenters. The zero-order valence-corrected chi connectivity index (χ0v) is 5.92. The van der Waals surface area contributed by atoms with Gasteiger partial charge in [-0.25, -0.2) is 0 Å². The predicted molar refractivity (Wildman–Crippen MR) is 33.1 cm³/mol. The second kappa shape index (κ2) is 2.90. The standard InChI is InChI=1S/C6H10O4/c1-4(7)3-6(9,10)5(2)8/h9-10H,3H2,1-2H3. The molecule has 0 aromatic heterocycles. The van der Waals surface area contributed by atoms with E-state index < -0.39 is 23.8 Å². The molecule has 0 radical (unpaired) electrons. The van der Waals surface area contributed by atoms with Crippen LogP contribution in [-0.4, -0.2) is 27.6 Å². The molecule has 0 heterocycles. The van der Waals surface area contributed by atoms with Crippen LogP contribution >= 0.6 is 0 Å². The predicted octanol–water partition coefficient (Wildman–Crippen LogP) is -0.765. The fourth-order valence-corrected chi connectivity index (χ4v) is 0.472. The Hall–Kier alpha value is -0.740. The number of carbonyl (C=O) groups is 2. The van der Waals surface area contributed by atoms with E-state index in [2.05, 4.69) is 0 Å². The summed E-state index contributed by atoms with van der Waals surface area (Å²) in [5.41, 5.74) is 0. The van der Waals surface area contributed by atoms with Crippen LogP contribution in [0.4, 0.5) is 0 Å². The SMILES string of the molecule is CC(=O)CC(O)(O)C(C)=O. The molecule has 0 bridgehead atoms. The summed E-state index contributed by atoms with van der Waals surface area (Å²) in [7, 11) is 0. The van der Waals surface area contributed by atoms with Gasteiger partial charge in [0.05, 0.1) is 6.42 Å². The summed E-state index contributed by atoms with van der Waals surface area (Å²) in [6.07, 6.45) is -0.539. The van der Waals surface area contributed by atoms with E-state index in [0.29, 0.717) is 0 Å². The first-order chi connectivity index (χ1) is 4.36. The van der Waals surface area contributed by atoms with Crippen LogP contribution in [0.1, 0.15) is 20.3 Å². The van der Waals surface area contributed by atoms with Gasteiger partial charge in [-0.1, -0.05) is 0 Å². The maximum atomic E-state index is 10.3. The Morgan fingerprint density at radius 3 is 1.80 bits per heavy atom. The molecule has 0 fully saturated rings. The van der Waals surface area contributed by atoms with Gasteiger partial charge in [0, 0.05) is 6.92 Å². The molecule has 0 saturated carbocycles. The summed E-state index contributed by atoms with van der Waals surface area (Å²) in [4.78, 5) is 20.6. The highest BCUT2D eigenvalue weighted by atomic mass is 16.5. The smallest absolute Gasteiger partial charge is 0.230 e. The normalized spacial score (nSPS) is 11.2. The Bertz CT molecular complexity index is 159. The van der Waals surface area contributed by atoms with Gasteiger partial charge in [-0.05, 0) is 6.92 Å². The molecule has 0 aromatic rings. The molecule has 0 atom stereocenters. The van der Waals surface area contributed by atoms with Crippen molar-refractivity contribution in [3.05, 3.63) is 0 Å². The first-order valence-electron chi connectivity index (χ1n) is 2.81. The van der Waals surface area contributed by atoms with Crippen molar-refractivity contribution in [2.24, 2.45) is 0 Å². The van der Waals surface area contributed by atoms with Crippen LogP contribution in [0.15, 0.2) is 0 Å². The van der Waals surface area contributed by atoms with E-state index in [1.807, 2.05) is 0 Å². The van der Waals surface area contributed by atoms with E-state index in [4.69, 9.17) is 10.2 Å². The number of Topliss-reactive ketones (excluding diaryl/α,β-unsaturated/α-hetero) is 2. The summed E-state index contributed by atoms with van der Waals surface area (Å²) in [6.45, 7) is 2.20. The molecule has 4 nitrogen and oxygen atoms in total. The molecular formula is C6H10O4. The molecule has 0 amide bonds. The topological polar surface area (TPSA) is 74.6 Å². The minimum atomic E-state index is -2.47. The Balaban J connectivity index is 4.13. The summed E-state index contributed by atoms with van der Waals surface area (Å²) >= 11 is 0.